The molecule has 0 aliphatic carbocycles. The van der Waals surface area contributed by atoms with Crippen molar-refractivity contribution in [3.63, 3.8) is 0 Å². The summed E-state index contributed by atoms with van der Waals surface area (Å²) in [5.74, 6) is 1.49. The molecule has 7 heteroatoms. The number of benzene rings is 1. The Hall–Kier alpha value is -2.41. The van der Waals surface area contributed by atoms with Gasteiger partial charge in [-0.1, -0.05) is 0 Å². The number of aromatic nitrogens is 2. The van der Waals surface area contributed by atoms with E-state index in [-0.39, 0.29) is 12.2 Å². The van der Waals surface area contributed by atoms with Crippen LogP contribution in [0.5, 0.6) is 5.75 Å². The summed E-state index contributed by atoms with van der Waals surface area (Å²) in [5, 5.41) is 10.7. The molecule has 2 rings (SSSR count). The van der Waals surface area contributed by atoms with Crippen molar-refractivity contribution in [1.29, 1.82) is 0 Å². The summed E-state index contributed by atoms with van der Waals surface area (Å²) >= 11 is 0. The minimum Gasteiger partial charge on any atom is -0.491 e. The molecule has 106 valence electrons. The quantitative estimate of drug-likeness (QED) is 0.639. The molecule has 2 N–H and O–H groups in total. The minimum atomic E-state index is -0.447. The largest absolute Gasteiger partial charge is 0.491 e. The number of imidazole rings is 1. The fourth-order valence-corrected chi connectivity index (χ4v) is 1.87. The van der Waals surface area contributed by atoms with Gasteiger partial charge in [-0.05, 0) is 13.0 Å². The average Bonchev–Trinajstić information content (AvgIpc) is 2.84. The molecule has 0 aliphatic heterocycles. The first-order valence-electron chi connectivity index (χ1n) is 6.19. The van der Waals surface area contributed by atoms with Crippen LogP contribution in [0.15, 0.2) is 30.6 Å². The summed E-state index contributed by atoms with van der Waals surface area (Å²) in [6.45, 7) is 3.22. The lowest BCUT2D eigenvalue weighted by atomic mass is 10.2. The molecule has 7 nitrogen and oxygen atoms in total. The van der Waals surface area contributed by atoms with E-state index >= 15 is 0 Å². The monoisotopic (exact) mass is 276 g/mol. The van der Waals surface area contributed by atoms with E-state index in [1.807, 2.05) is 17.7 Å². The van der Waals surface area contributed by atoms with Crippen molar-refractivity contribution in [2.45, 2.75) is 20.0 Å². The van der Waals surface area contributed by atoms with Crippen molar-refractivity contribution in [2.24, 2.45) is 5.73 Å². The molecule has 0 bridgehead atoms. The molecule has 0 saturated carbocycles. The summed E-state index contributed by atoms with van der Waals surface area (Å²) in [5.41, 5.74) is 6.24. The van der Waals surface area contributed by atoms with Crippen molar-refractivity contribution < 1.29 is 9.66 Å². The molecule has 2 aromatic rings. The van der Waals surface area contributed by atoms with Gasteiger partial charge in [0.2, 0.25) is 0 Å². The zero-order valence-corrected chi connectivity index (χ0v) is 11.2. The first kappa shape index (κ1) is 14.0. The number of nitro benzene ring substituents is 1. The Morgan fingerprint density at radius 3 is 2.90 bits per heavy atom. The lowest BCUT2D eigenvalue weighted by molar-refractivity contribution is -0.384. The van der Waals surface area contributed by atoms with Gasteiger partial charge in [-0.25, -0.2) is 4.98 Å². The van der Waals surface area contributed by atoms with Gasteiger partial charge in [0.05, 0.1) is 11.5 Å². The SMILES string of the molecule is Cc1nccn1CCOc1ccc([N+](=O)[O-])cc1CN. The second kappa shape index (κ2) is 6.16. The highest BCUT2D eigenvalue weighted by molar-refractivity contribution is 5.43. The summed E-state index contributed by atoms with van der Waals surface area (Å²) in [4.78, 5) is 14.4. The third kappa shape index (κ3) is 3.12. The van der Waals surface area contributed by atoms with E-state index in [2.05, 4.69) is 4.98 Å². The first-order valence-corrected chi connectivity index (χ1v) is 6.19. The predicted molar refractivity (Wildman–Crippen MR) is 73.4 cm³/mol. The van der Waals surface area contributed by atoms with Crippen LogP contribution in [-0.2, 0) is 13.1 Å². The maximum Gasteiger partial charge on any atom is 0.270 e. The molecular weight excluding hydrogens is 260 g/mol. The van der Waals surface area contributed by atoms with E-state index in [0.717, 1.165) is 5.82 Å². The predicted octanol–water partition coefficient (Wildman–Crippen LogP) is 1.64. The third-order valence-corrected chi connectivity index (χ3v) is 2.99. The Kier molecular flexibility index (Phi) is 4.31. The Morgan fingerprint density at radius 1 is 1.50 bits per heavy atom. The number of hydrogen-bond donors (Lipinski definition) is 1. The molecule has 0 unspecified atom stereocenters. The standard InChI is InChI=1S/C13H16N4O3/c1-10-15-4-5-16(10)6-7-20-13-3-2-12(17(18)19)8-11(13)9-14/h2-5,8H,6-7,9,14H2,1H3. The molecule has 0 aliphatic rings. The molecule has 1 heterocycles. The zero-order chi connectivity index (χ0) is 14.5. The summed E-state index contributed by atoms with van der Waals surface area (Å²) < 4.78 is 7.61. The zero-order valence-electron chi connectivity index (χ0n) is 11.2. The number of aryl methyl sites for hydroxylation is 1. The van der Waals surface area contributed by atoms with E-state index in [1.54, 1.807) is 12.3 Å². The van der Waals surface area contributed by atoms with Crippen LogP contribution in [0.2, 0.25) is 0 Å². The van der Waals surface area contributed by atoms with Crippen LogP contribution in [0.3, 0.4) is 0 Å². The van der Waals surface area contributed by atoms with Gasteiger partial charge in [0.1, 0.15) is 18.2 Å². The molecule has 0 fully saturated rings. The van der Waals surface area contributed by atoms with Gasteiger partial charge in [-0.15, -0.1) is 0 Å². The number of nitro groups is 1. The molecule has 0 spiro atoms. The fourth-order valence-electron chi connectivity index (χ4n) is 1.87. The molecule has 20 heavy (non-hydrogen) atoms. The topological polar surface area (TPSA) is 96.2 Å². The van der Waals surface area contributed by atoms with Gasteiger partial charge in [0, 0.05) is 36.6 Å². The molecule has 1 aromatic carbocycles. The Bertz CT molecular complexity index is 609. The number of nitrogens with zero attached hydrogens (tertiary/aromatic N) is 3. The Morgan fingerprint density at radius 2 is 2.30 bits per heavy atom. The lowest BCUT2D eigenvalue weighted by Crippen LogP contribution is -2.10. The first-order chi connectivity index (χ1) is 9.61. The normalized spacial score (nSPS) is 10.5. The van der Waals surface area contributed by atoms with Crippen LogP contribution in [0.1, 0.15) is 11.4 Å². The van der Waals surface area contributed by atoms with Gasteiger partial charge in [-0.3, -0.25) is 10.1 Å². The molecule has 1 aromatic heterocycles. The van der Waals surface area contributed by atoms with Crippen LogP contribution in [0.4, 0.5) is 5.69 Å². The van der Waals surface area contributed by atoms with Crippen LogP contribution < -0.4 is 10.5 Å². The van der Waals surface area contributed by atoms with Crippen LogP contribution in [0, 0.1) is 17.0 Å². The summed E-state index contributed by atoms with van der Waals surface area (Å²) in [6.07, 6.45) is 3.60. The average molecular weight is 276 g/mol. The van der Waals surface area contributed by atoms with E-state index in [0.29, 0.717) is 24.5 Å². The molecule has 0 radical (unpaired) electrons. The highest BCUT2D eigenvalue weighted by Crippen LogP contribution is 2.23. The molecule has 0 atom stereocenters. The maximum absolute atomic E-state index is 10.7. The van der Waals surface area contributed by atoms with Crippen molar-refractivity contribution in [3.05, 3.63) is 52.1 Å². The van der Waals surface area contributed by atoms with Crippen molar-refractivity contribution in [2.75, 3.05) is 6.61 Å². The molecule has 0 amide bonds. The lowest BCUT2D eigenvalue weighted by Gasteiger charge is -2.11. The van der Waals surface area contributed by atoms with E-state index < -0.39 is 4.92 Å². The summed E-state index contributed by atoms with van der Waals surface area (Å²) in [6, 6.07) is 4.44. The highest BCUT2D eigenvalue weighted by atomic mass is 16.6. The van der Waals surface area contributed by atoms with Crippen molar-refractivity contribution in [1.82, 2.24) is 9.55 Å². The van der Waals surface area contributed by atoms with Crippen LogP contribution in [-0.4, -0.2) is 21.1 Å². The minimum absolute atomic E-state index is 0.0169. The van der Waals surface area contributed by atoms with Gasteiger partial charge in [-0.2, -0.15) is 0 Å². The van der Waals surface area contributed by atoms with E-state index in [9.17, 15) is 10.1 Å². The van der Waals surface area contributed by atoms with Crippen LogP contribution in [0.25, 0.3) is 0 Å². The third-order valence-electron chi connectivity index (χ3n) is 2.99. The van der Waals surface area contributed by atoms with Crippen molar-refractivity contribution in [3.8, 4) is 5.75 Å². The Balaban J connectivity index is 2.02. The number of hydrogen-bond acceptors (Lipinski definition) is 5. The van der Waals surface area contributed by atoms with Crippen LogP contribution >= 0.6 is 0 Å². The second-order valence-electron chi connectivity index (χ2n) is 4.27. The van der Waals surface area contributed by atoms with Gasteiger partial charge < -0.3 is 15.0 Å². The summed E-state index contributed by atoms with van der Waals surface area (Å²) in [7, 11) is 0. The number of non-ortho nitro benzene ring substituents is 1. The van der Waals surface area contributed by atoms with Crippen molar-refractivity contribution >= 4 is 5.69 Å². The Labute approximate surface area is 116 Å². The maximum atomic E-state index is 10.7. The van der Waals surface area contributed by atoms with Gasteiger partial charge in [0.25, 0.3) is 5.69 Å². The van der Waals surface area contributed by atoms with E-state index in [1.165, 1.54) is 12.1 Å². The number of nitrogens with two attached hydrogens (primary N) is 1. The number of rotatable bonds is 6. The van der Waals surface area contributed by atoms with Gasteiger partial charge >= 0.3 is 0 Å². The number of ether oxygens (including phenoxy) is 1. The second-order valence-corrected chi connectivity index (χ2v) is 4.27. The molecular formula is C13H16N4O3. The highest BCUT2D eigenvalue weighted by Gasteiger charge is 2.10. The van der Waals surface area contributed by atoms with E-state index in [4.69, 9.17) is 10.5 Å². The fraction of sp³-hybridized carbons (Fsp3) is 0.308. The smallest absolute Gasteiger partial charge is 0.270 e. The molecule has 0 saturated heterocycles. The van der Waals surface area contributed by atoms with Gasteiger partial charge in [0.15, 0.2) is 0 Å².